The fourth-order valence-corrected chi connectivity index (χ4v) is 5.34. The Morgan fingerprint density at radius 1 is 1.12 bits per heavy atom. The Morgan fingerprint density at radius 3 is 2.42 bits per heavy atom. The SMILES string of the molecule is CC(C)=CCC/C(C)=C/CC[C@]1(C)Oc2c(c(O)cc3c2CN([C@H](C(=O)O)c2ccc(O)cc2)C3=O)C[C@@H]1O.S. The molecule has 216 valence electrons. The Balaban J connectivity index is 0.00000441. The molecule has 8 nitrogen and oxygen atoms in total. The number of aliphatic carboxylic acids is 1. The number of benzene rings is 2. The van der Waals surface area contributed by atoms with Crippen LogP contribution >= 0.6 is 13.5 Å². The van der Waals surface area contributed by atoms with Crippen LogP contribution in [0.4, 0.5) is 0 Å². The van der Waals surface area contributed by atoms with Crippen LogP contribution in [0.25, 0.3) is 0 Å². The van der Waals surface area contributed by atoms with E-state index in [1.807, 2.05) is 6.92 Å². The lowest BCUT2D eigenvalue weighted by Gasteiger charge is -2.41. The standard InChI is InChI=1S/C31H37NO7.H2S/c1-18(2)7-5-8-19(3)9-6-14-31(4)26(35)16-23-25(34)15-22-24(28(23)39-31)17-32(29(22)36)27(30(37)38)20-10-12-21(33)13-11-20;/h7,9-13,15,26-27,33-35H,5-6,8,14,16-17H2,1-4H3,(H,37,38);1H2/b19-9+;/t26-,27-,31-;/m0./s1. The number of rotatable bonds is 9. The number of phenols is 2. The van der Waals surface area contributed by atoms with Gasteiger partial charge in [-0.3, -0.25) is 4.79 Å². The van der Waals surface area contributed by atoms with Gasteiger partial charge in [0.1, 0.15) is 22.8 Å². The van der Waals surface area contributed by atoms with Gasteiger partial charge < -0.3 is 30.1 Å². The highest BCUT2D eigenvalue weighted by Gasteiger charge is 2.46. The van der Waals surface area contributed by atoms with Crippen molar-refractivity contribution in [2.75, 3.05) is 0 Å². The van der Waals surface area contributed by atoms with Crippen LogP contribution in [0.1, 0.15) is 86.5 Å². The molecule has 2 aliphatic heterocycles. The number of carboxylic acid groups (broad SMARTS) is 1. The zero-order valence-corrected chi connectivity index (χ0v) is 24.4. The van der Waals surface area contributed by atoms with Crippen LogP contribution in [-0.4, -0.2) is 48.9 Å². The number of aliphatic hydroxyl groups is 1. The second-order valence-electron chi connectivity index (χ2n) is 11.0. The number of nitrogens with zero attached hydrogens (tertiary/aromatic N) is 1. The van der Waals surface area contributed by atoms with Gasteiger partial charge in [-0.05, 0) is 77.1 Å². The molecule has 40 heavy (non-hydrogen) atoms. The van der Waals surface area contributed by atoms with Crippen molar-refractivity contribution in [3.8, 4) is 17.2 Å². The molecule has 3 atom stereocenters. The number of carboxylic acids is 1. The normalized spacial score (nSPS) is 20.6. The van der Waals surface area contributed by atoms with Gasteiger partial charge >= 0.3 is 5.97 Å². The van der Waals surface area contributed by atoms with Gasteiger partial charge in [0.05, 0.1) is 18.2 Å². The van der Waals surface area contributed by atoms with Crippen molar-refractivity contribution in [3.05, 3.63) is 75.9 Å². The van der Waals surface area contributed by atoms with E-state index in [-0.39, 0.29) is 43.5 Å². The smallest absolute Gasteiger partial charge is 0.331 e. The number of hydrogen-bond acceptors (Lipinski definition) is 6. The molecule has 0 saturated heterocycles. The minimum Gasteiger partial charge on any atom is -0.508 e. The number of hydrogen-bond donors (Lipinski definition) is 4. The van der Waals surface area contributed by atoms with Crippen LogP contribution in [0.3, 0.4) is 0 Å². The van der Waals surface area contributed by atoms with Gasteiger partial charge in [-0.25, -0.2) is 4.79 Å². The third-order valence-corrected chi connectivity index (χ3v) is 7.70. The van der Waals surface area contributed by atoms with Gasteiger partial charge in [-0.2, -0.15) is 13.5 Å². The molecule has 4 rings (SSSR count). The third-order valence-electron chi connectivity index (χ3n) is 7.70. The largest absolute Gasteiger partial charge is 0.508 e. The van der Waals surface area contributed by atoms with Crippen molar-refractivity contribution in [2.45, 2.75) is 84.1 Å². The lowest BCUT2D eigenvalue weighted by Crippen LogP contribution is -2.49. The molecule has 0 spiro atoms. The van der Waals surface area contributed by atoms with Crippen molar-refractivity contribution < 1.29 is 34.8 Å². The van der Waals surface area contributed by atoms with E-state index in [1.165, 1.54) is 46.4 Å². The van der Waals surface area contributed by atoms with E-state index in [0.29, 0.717) is 35.3 Å². The van der Waals surface area contributed by atoms with Gasteiger partial charge in [0.2, 0.25) is 0 Å². The molecule has 1 amide bonds. The van der Waals surface area contributed by atoms with Crippen molar-refractivity contribution in [1.29, 1.82) is 0 Å². The molecule has 2 aromatic carbocycles. The highest BCUT2D eigenvalue weighted by molar-refractivity contribution is 7.59. The Kier molecular flexibility index (Phi) is 9.64. The summed E-state index contributed by atoms with van der Waals surface area (Å²) in [4.78, 5) is 26.9. The molecule has 0 aliphatic carbocycles. The molecule has 4 N–H and O–H groups in total. The van der Waals surface area contributed by atoms with Crippen LogP contribution in [0.15, 0.2) is 53.6 Å². The first-order chi connectivity index (χ1) is 18.4. The Bertz CT molecular complexity index is 1330. The van der Waals surface area contributed by atoms with Gasteiger partial charge in [-0.15, -0.1) is 0 Å². The minimum atomic E-state index is -1.29. The summed E-state index contributed by atoms with van der Waals surface area (Å²) < 4.78 is 6.40. The Labute approximate surface area is 242 Å². The van der Waals surface area contributed by atoms with Crippen molar-refractivity contribution >= 4 is 25.4 Å². The molecular weight excluding hydrogens is 530 g/mol. The topological polar surface area (TPSA) is 128 Å². The number of amides is 1. The molecule has 0 unspecified atom stereocenters. The molecule has 0 saturated carbocycles. The van der Waals surface area contributed by atoms with Gasteiger partial charge in [0.25, 0.3) is 5.91 Å². The van der Waals surface area contributed by atoms with Gasteiger partial charge in [-0.1, -0.05) is 35.4 Å². The summed E-state index contributed by atoms with van der Waals surface area (Å²) in [5.74, 6) is -1.58. The van der Waals surface area contributed by atoms with E-state index in [1.54, 1.807) is 0 Å². The van der Waals surface area contributed by atoms with E-state index in [0.717, 1.165) is 12.8 Å². The number of aromatic hydroxyl groups is 2. The van der Waals surface area contributed by atoms with Crippen LogP contribution < -0.4 is 4.74 Å². The molecule has 0 fully saturated rings. The Morgan fingerprint density at radius 2 is 1.80 bits per heavy atom. The number of aliphatic hydroxyl groups excluding tert-OH is 1. The number of allylic oxidation sites excluding steroid dienone is 4. The van der Waals surface area contributed by atoms with E-state index in [2.05, 4.69) is 32.9 Å². The van der Waals surface area contributed by atoms with Crippen LogP contribution in [0.2, 0.25) is 0 Å². The quantitative estimate of drug-likeness (QED) is 0.293. The number of ether oxygens (including phenoxy) is 1. The second-order valence-corrected chi connectivity index (χ2v) is 11.0. The molecule has 9 heteroatoms. The summed E-state index contributed by atoms with van der Waals surface area (Å²) >= 11 is 0. The summed E-state index contributed by atoms with van der Waals surface area (Å²) in [5.41, 5.74) is 3.04. The average molecular weight is 570 g/mol. The molecule has 0 radical (unpaired) electrons. The molecule has 2 heterocycles. The first-order valence-electron chi connectivity index (χ1n) is 13.3. The summed E-state index contributed by atoms with van der Waals surface area (Å²) in [7, 11) is 0. The van der Waals surface area contributed by atoms with Gasteiger partial charge in [0.15, 0.2) is 6.04 Å². The average Bonchev–Trinajstić information content (AvgIpc) is 3.17. The van der Waals surface area contributed by atoms with Crippen molar-refractivity contribution in [1.82, 2.24) is 4.90 Å². The summed E-state index contributed by atoms with van der Waals surface area (Å²) in [5, 5.41) is 41.4. The highest BCUT2D eigenvalue weighted by atomic mass is 32.1. The molecule has 0 bridgehead atoms. The summed E-state index contributed by atoms with van der Waals surface area (Å²) in [6, 6.07) is 5.74. The molecular formula is C31H39NO7S. The van der Waals surface area contributed by atoms with Crippen molar-refractivity contribution in [2.24, 2.45) is 0 Å². The fourth-order valence-electron chi connectivity index (χ4n) is 5.34. The van der Waals surface area contributed by atoms with Crippen LogP contribution in [-0.2, 0) is 17.8 Å². The number of fused-ring (bicyclic) bond motifs is 3. The zero-order chi connectivity index (χ0) is 28.5. The maximum Gasteiger partial charge on any atom is 0.331 e. The molecule has 0 aromatic heterocycles. The fraction of sp³-hybridized carbons (Fsp3) is 0.419. The zero-order valence-electron chi connectivity index (χ0n) is 23.4. The highest BCUT2D eigenvalue weighted by Crippen LogP contribution is 2.47. The van der Waals surface area contributed by atoms with Crippen LogP contribution in [0.5, 0.6) is 17.2 Å². The van der Waals surface area contributed by atoms with E-state index in [4.69, 9.17) is 4.74 Å². The second kappa shape index (κ2) is 12.4. The minimum absolute atomic E-state index is 0. The predicted molar refractivity (Wildman–Crippen MR) is 157 cm³/mol. The Hall–Kier alpha value is -3.43. The third kappa shape index (κ3) is 6.31. The molecule has 2 aromatic rings. The van der Waals surface area contributed by atoms with E-state index >= 15 is 0 Å². The van der Waals surface area contributed by atoms with Crippen LogP contribution in [0, 0.1) is 0 Å². The number of carbonyl (C=O) groups is 2. The number of carbonyl (C=O) groups excluding carboxylic acids is 1. The number of phenolic OH excluding ortho intramolecular Hbond substituents is 2. The lowest BCUT2D eigenvalue weighted by molar-refractivity contribution is -0.142. The molecule has 2 aliphatic rings. The first kappa shape index (κ1) is 31.1. The monoisotopic (exact) mass is 569 g/mol. The van der Waals surface area contributed by atoms with Crippen molar-refractivity contribution in [3.63, 3.8) is 0 Å². The van der Waals surface area contributed by atoms with E-state index < -0.39 is 29.6 Å². The first-order valence-corrected chi connectivity index (χ1v) is 13.3. The van der Waals surface area contributed by atoms with Gasteiger partial charge in [0, 0.05) is 17.5 Å². The van der Waals surface area contributed by atoms with E-state index in [9.17, 15) is 30.0 Å². The summed E-state index contributed by atoms with van der Waals surface area (Å²) in [6.45, 7) is 8.05. The predicted octanol–water partition coefficient (Wildman–Crippen LogP) is 5.52. The summed E-state index contributed by atoms with van der Waals surface area (Å²) in [6.07, 6.45) is 6.80. The lowest BCUT2D eigenvalue weighted by atomic mass is 9.84. The maximum atomic E-state index is 13.4. The maximum absolute atomic E-state index is 13.4.